The number of esters is 1. The van der Waals surface area contributed by atoms with Crippen molar-refractivity contribution in [2.24, 2.45) is 0 Å². The Kier molecular flexibility index (Phi) is 10.1. The zero-order chi connectivity index (χ0) is 13.1. The van der Waals surface area contributed by atoms with Gasteiger partial charge < -0.3 is 14.2 Å². The molecular formula is C12H25NO4. The second-order valence-electron chi connectivity index (χ2n) is 4.08. The zero-order valence-corrected chi connectivity index (χ0v) is 11.4. The monoisotopic (exact) mass is 247 g/mol. The summed E-state index contributed by atoms with van der Waals surface area (Å²) in [5.74, 6) is -0.183. The molecule has 0 spiro atoms. The van der Waals surface area contributed by atoms with Crippen molar-refractivity contribution in [1.29, 1.82) is 0 Å². The number of nitrogens with zero attached hydrogens (tertiary/aromatic N) is 1. The first kappa shape index (κ1) is 16.4. The molecule has 5 heteroatoms. The van der Waals surface area contributed by atoms with Crippen LogP contribution in [0.2, 0.25) is 0 Å². The molecule has 0 rings (SSSR count). The summed E-state index contributed by atoms with van der Waals surface area (Å²) in [5, 5.41) is 0. The van der Waals surface area contributed by atoms with Crippen molar-refractivity contribution in [3.63, 3.8) is 0 Å². The van der Waals surface area contributed by atoms with Crippen molar-refractivity contribution in [3.8, 4) is 0 Å². The second kappa shape index (κ2) is 10.5. The molecule has 0 saturated heterocycles. The summed E-state index contributed by atoms with van der Waals surface area (Å²) in [6, 6.07) is 0. The van der Waals surface area contributed by atoms with Gasteiger partial charge in [-0.3, -0.25) is 9.69 Å². The molecule has 0 bridgehead atoms. The highest BCUT2D eigenvalue weighted by atomic mass is 16.5. The average Bonchev–Trinajstić information content (AvgIpc) is 2.31. The molecule has 0 aromatic carbocycles. The van der Waals surface area contributed by atoms with Gasteiger partial charge in [0.15, 0.2) is 0 Å². The van der Waals surface area contributed by atoms with Crippen LogP contribution in [0.1, 0.15) is 20.3 Å². The molecule has 17 heavy (non-hydrogen) atoms. The van der Waals surface area contributed by atoms with Gasteiger partial charge in [-0.15, -0.1) is 0 Å². The van der Waals surface area contributed by atoms with Gasteiger partial charge in [-0.2, -0.15) is 0 Å². The van der Waals surface area contributed by atoms with Crippen molar-refractivity contribution in [1.82, 2.24) is 4.90 Å². The number of hydrogen-bond acceptors (Lipinski definition) is 5. The highest BCUT2D eigenvalue weighted by Crippen LogP contribution is 1.96. The number of carbonyl (C=O) groups excluding carboxylic acids is 1. The van der Waals surface area contributed by atoms with Crippen LogP contribution >= 0.6 is 0 Å². The predicted octanol–water partition coefficient (Wildman–Crippen LogP) is 0.923. The molecular weight excluding hydrogens is 222 g/mol. The highest BCUT2D eigenvalue weighted by Gasteiger charge is 2.08. The lowest BCUT2D eigenvalue weighted by molar-refractivity contribution is -0.141. The molecule has 0 aromatic rings. The number of hydrogen-bond donors (Lipinski definition) is 0. The summed E-state index contributed by atoms with van der Waals surface area (Å²) >= 11 is 0. The minimum atomic E-state index is -0.183. The molecule has 0 unspecified atom stereocenters. The highest BCUT2D eigenvalue weighted by molar-refractivity contribution is 5.69. The predicted molar refractivity (Wildman–Crippen MR) is 66.0 cm³/mol. The standard InChI is InChI=1S/C12H25NO4/c1-11(2)17-10-8-13(7-9-15-3)6-5-12(14)16-4/h11H,5-10H2,1-4H3. The lowest BCUT2D eigenvalue weighted by Gasteiger charge is -2.21. The van der Waals surface area contributed by atoms with Crippen molar-refractivity contribution in [2.45, 2.75) is 26.4 Å². The fourth-order valence-corrected chi connectivity index (χ4v) is 1.32. The van der Waals surface area contributed by atoms with Crippen molar-refractivity contribution < 1.29 is 19.0 Å². The largest absolute Gasteiger partial charge is 0.469 e. The Morgan fingerprint density at radius 1 is 1.12 bits per heavy atom. The topological polar surface area (TPSA) is 48.0 Å². The Balaban J connectivity index is 3.82. The van der Waals surface area contributed by atoms with Gasteiger partial charge in [0.25, 0.3) is 0 Å². The molecule has 0 N–H and O–H groups in total. The number of methoxy groups -OCH3 is 2. The third-order valence-electron chi connectivity index (χ3n) is 2.33. The Morgan fingerprint density at radius 2 is 1.76 bits per heavy atom. The second-order valence-corrected chi connectivity index (χ2v) is 4.08. The molecule has 0 radical (unpaired) electrons. The molecule has 0 aromatic heterocycles. The summed E-state index contributed by atoms with van der Waals surface area (Å²) in [6.07, 6.45) is 0.641. The smallest absolute Gasteiger partial charge is 0.306 e. The molecule has 0 amide bonds. The maximum Gasteiger partial charge on any atom is 0.306 e. The van der Waals surface area contributed by atoms with Crippen LogP contribution in [0.5, 0.6) is 0 Å². The quantitative estimate of drug-likeness (QED) is 0.537. The molecule has 0 atom stereocenters. The Bertz CT molecular complexity index is 197. The van der Waals surface area contributed by atoms with Crippen molar-refractivity contribution in [2.75, 3.05) is 47.1 Å². The van der Waals surface area contributed by atoms with E-state index >= 15 is 0 Å². The van der Waals surface area contributed by atoms with Gasteiger partial charge in [0.05, 0.1) is 32.8 Å². The van der Waals surface area contributed by atoms with Gasteiger partial charge in [0, 0.05) is 26.7 Å². The van der Waals surface area contributed by atoms with Gasteiger partial charge in [-0.05, 0) is 13.8 Å². The van der Waals surface area contributed by atoms with E-state index in [1.807, 2.05) is 13.8 Å². The third-order valence-corrected chi connectivity index (χ3v) is 2.33. The van der Waals surface area contributed by atoms with Gasteiger partial charge >= 0.3 is 5.97 Å². The summed E-state index contributed by atoms with van der Waals surface area (Å²) in [4.78, 5) is 13.2. The first-order valence-electron chi connectivity index (χ1n) is 5.99. The van der Waals surface area contributed by atoms with E-state index in [4.69, 9.17) is 9.47 Å². The van der Waals surface area contributed by atoms with Crippen LogP contribution in [-0.2, 0) is 19.0 Å². The minimum Gasteiger partial charge on any atom is -0.469 e. The van der Waals surface area contributed by atoms with E-state index in [9.17, 15) is 4.79 Å². The molecule has 102 valence electrons. The normalized spacial score (nSPS) is 11.2. The minimum absolute atomic E-state index is 0.183. The first-order valence-corrected chi connectivity index (χ1v) is 5.99. The summed E-state index contributed by atoms with van der Waals surface area (Å²) in [5.41, 5.74) is 0. The van der Waals surface area contributed by atoms with Crippen LogP contribution in [0.4, 0.5) is 0 Å². The van der Waals surface area contributed by atoms with Crippen LogP contribution in [0.15, 0.2) is 0 Å². The van der Waals surface area contributed by atoms with E-state index in [1.165, 1.54) is 7.11 Å². The van der Waals surface area contributed by atoms with E-state index in [1.54, 1.807) is 7.11 Å². The van der Waals surface area contributed by atoms with Gasteiger partial charge in [0.2, 0.25) is 0 Å². The molecule has 0 saturated carbocycles. The number of rotatable bonds is 10. The Hall–Kier alpha value is -0.650. The van der Waals surface area contributed by atoms with Gasteiger partial charge in [-0.25, -0.2) is 0 Å². The maximum atomic E-state index is 11.1. The summed E-state index contributed by atoms with van der Waals surface area (Å²) in [6.45, 7) is 7.62. The molecule has 0 aliphatic rings. The maximum absolute atomic E-state index is 11.1. The van der Waals surface area contributed by atoms with Crippen LogP contribution in [-0.4, -0.2) is 64.0 Å². The van der Waals surface area contributed by atoms with Crippen molar-refractivity contribution >= 4 is 5.97 Å². The number of carbonyl (C=O) groups is 1. The van der Waals surface area contributed by atoms with E-state index in [-0.39, 0.29) is 12.1 Å². The third kappa shape index (κ3) is 10.2. The summed E-state index contributed by atoms with van der Waals surface area (Å²) in [7, 11) is 3.08. The van der Waals surface area contributed by atoms with Crippen LogP contribution in [0.25, 0.3) is 0 Å². The van der Waals surface area contributed by atoms with Crippen LogP contribution < -0.4 is 0 Å². The Labute approximate surface area is 104 Å². The molecule has 5 nitrogen and oxygen atoms in total. The van der Waals surface area contributed by atoms with E-state index in [0.29, 0.717) is 26.2 Å². The van der Waals surface area contributed by atoms with Gasteiger partial charge in [0.1, 0.15) is 0 Å². The molecule has 0 aliphatic heterocycles. The van der Waals surface area contributed by atoms with Gasteiger partial charge in [-0.1, -0.05) is 0 Å². The SMILES string of the molecule is COCCN(CCOC(C)C)CCC(=O)OC. The lowest BCUT2D eigenvalue weighted by Crippen LogP contribution is -2.33. The van der Waals surface area contributed by atoms with E-state index in [0.717, 1.165) is 13.1 Å². The van der Waals surface area contributed by atoms with E-state index < -0.39 is 0 Å². The van der Waals surface area contributed by atoms with Crippen LogP contribution in [0.3, 0.4) is 0 Å². The molecule has 0 heterocycles. The zero-order valence-electron chi connectivity index (χ0n) is 11.4. The van der Waals surface area contributed by atoms with Crippen LogP contribution in [0, 0.1) is 0 Å². The van der Waals surface area contributed by atoms with Crippen molar-refractivity contribution in [3.05, 3.63) is 0 Å². The van der Waals surface area contributed by atoms with E-state index in [2.05, 4.69) is 9.64 Å². The molecule has 0 aliphatic carbocycles. The summed E-state index contributed by atoms with van der Waals surface area (Å²) < 4.78 is 15.1. The molecule has 0 fully saturated rings. The first-order chi connectivity index (χ1) is 8.10. The number of ether oxygens (including phenoxy) is 3. The Morgan fingerprint density at radius 3 is 2.29 bits per heavy atom. The average molecular weight is 247 g/mol. The lowest BCUT2D eigenvalue weighted by atomic mass is 10.3. The fraction of sp³-hybridized carbons (Fsp3) is 0.917. The fourth-order valence-electron chi connectivity index (χ4n) is 1.32.